The minimum Gasteiger partial charge on any atom is -0.492 e. The van der Waals surface area contributed by atoms with Crippen LogP contribution in [-0.2, 0) is 9.59 Å². The zero-order chi connectivity index (χ0) is 23.9. The zero-order valence-corrected chi connectivity index (χ0v) is 20.6. The van der Waals surface area contributed by atoms with Crippen LogP contribution in [0.15, 0.2) is 24.3 Å². The summed E-state index contributed by atoms with van der Waals surface area (Å²) in [5, 5.41) is 17.7. The van der Waals surface area contributed by atoms with Crippen molar-refractivity contribution >= 4 is 29.3 Å². The van der Waals surface area contributed by atoms with Crippen molar-refractivity contribution in [1.29, 1.82) is 5.26 Å². The van der Waals surface area contributed by atoms with E-state index >= 15 is 0 Å². The molecule has 1 aromatic carbocycles. The van der Waals surface area contributed by atoms with Gasteiger partial charge in [-0.05, 0) is 51.9 Å². The molecule has 2 rings (SSSR count). The molecule has 9 heteroatoms. The van der Waals surface area contributed by atoms with Crippen LogP contribution in [0, 0.1) is 17.2 Å². The summed E-state index contributed by atoms with van der Waals surface area (Å²) in [6.45, 7) is 8.93. The number of carbonyl (C=O) groups excluding carboxylic acids is 2. The van der Waals surface area contributed by atoms with Crippen molar-refractivity contribution in [3.8, 4) is 11.8 Å². The molecular formula is C24H41N5O3S. The van der Waals surface area contributed by atoms with Crippen molar-refractivity contribution in [3.63, 3.8) is 0 Å². The van der Waals surface area contributed by atoms with Gasteiger partial charge in [0.15, 0.2) is 0 Å². The smallest absolute Gasteiger partial charge is 0.238 e. The second kappa shape index (κ2) is 15.4. The molecule has 0 saturated carbocycles. The predicted molar refractivity (Wildman–Crippen MR) is 138 cm³/mol. The van der Waals surface area contributed by atoms with Crippen molar-refractivity contribution < 1.29 is 17.2 Å². The highest BCUT2D eigenvalue weighted by atomic mass is 32.2. The fourth-order valence-electron chi connectivity index (χ4n) is 3.58. The van der Waals surface area contributed by atoms with Crippen LogP contribution in [0.25, 0.3) is 0 Å². The van der Waals surface area contributed by atoms with Gasteiger partial charge in [-0.15, -0.1) is 11.8 Å². The fourth-order valence-corrected chi connectivity index (χ4v) is 4.67. The first-order valence-electron chi connectivity index (χ1n) is 11.8. The lowest BCUT2D eigenvalue weighted by Gasteiger charge is -2.26. The molecule has 186 valence electrons. The molecule has 1 saturated heterocycles. The maximum atomic E-state index is 12.5. The van der Waals surface area contributed by atoms with E-state index in [0.29, 0.717) is 26.2 Å². The molecule has 0 bridgehead atoms. The summed E-state index contributed by atoms with van der Waals surface area (Å²) in [6, 6.07) is 9.76. The summed E-state index contributed by atoms with van der Waals surface area (Å²) in [7, 11) is 0. The number of nitrogens with zero attached hydrogens (tertiary/aromatic N) is 2. The molecule has 1 fully saturated rings. The Morgan fingerprint density at radius 2 is 1.91 bits per heavy atom. The first kappa shape index (κ1) is 26.8. The Morgan fingerprint density at radius 3 is 2.61 bits per heavy atom. The van der Waals surface area contributed by atoms with Gasteiger partial charge in [-0.1, -0.05) is 12.5 Å². The molecule has 0 spiro atoms. The summed E-state index contributed by atoms with van der Waals surface area (Å²) in [6.07, 6.45) is 3.86. The number of amides is 2. The van der Waals surface area contributed by atoms with E-state index in [0.717, 1.165) is 31.1 Å². The van der Waals surface area contributed by atoms with E-state index in [1.807, 2.05) is 44.2 Å². The number of piperidine rings is 1. The molecule has 1 aromatic rings. The van der Waals surface area contributed by atoms with Crippen LogP contribution >= 0.6 is 11.8 Å². The number of likely N-dealkylation sites (tertiary alicyclic amines) is 1. The SMILES string of the molecule is CCNC(=O)C(CNc1cccc(OCCN2CCCCC2)c1)SC[C@H](C#N)C(=O)NCC.[HH].[HH]. The standard InChI is InChI=1S/C24H37N5O3S.2H2/c1-3-26-23(30)19(16-25)18-33-22(24(31)27-4-2)17-28-20-9-8-10-21(15-20)32-14-13-29-11-6-5-7-12-29;;/h8-10,15,19,22,28H,3-7,11-14,17-18H2,1-2H3,(H,26,30)(H,27,31);2*1H/t19-,22?;;/m0../s1. The predicted octanol–water partition coefficient (Wildman–Crippen LogP) is 2.97. The summed E-state index contributed by atoms with van der Waals surface area (Å²) in [5.74, 6) is -0.157. The van der Waals surface area contributed by atoms with Gasteiger partial charge in [0, 0.05) is 46.5 Å². The third kappa shape index (κ3) is 9.93. The zero-order valence-electron chi connectivity index (χ0n) is 19.8. The molecule has 2 atom stereocenters. The molecule has 0 aliphatic carbocycles. The van der Waals surface area contributed by atoms with E-state index in [-0.39, 0.29) is 20.4 Å². The summed E-state index contributed by atoms with van der Waals surface area (Å²) in [4.78, 5) is 27.0. The summed E-state index contributed by atoms with van der Waals surface area (Å²) >= 11 is 1.31. The van der Waals surface area contributed by atoms with E-state index in [1.165, 1.54) is 31.0 Å². The van der Waals surface area contributed by atoms with Crippen molar-refractivity contribution in [1.82, 2.24) is 15.5 Å². The molecule has 1 aliphatic heterocycles. The molecule has 0 radical (unpaired) electrons. The Morgan fingerprint density at radius 1 is 1.18 bits per heavy atom. The fraction of sp³-hybridized carbons (Fsp3) is 0.625. The Labute approximate surface area is 204 Å². The highest BCUT2D eigenvalue weighted by molar-refractivity contribution is 8.00. The van der Waals surface area contributed by atoms with Gasteiger partial charge >= 0.3 is 0 Å². The molecule has 1 heterocycles. The van der Waals surface area contributed by atoms with Crippen LogP contribution in [0.5, 0.6) is 5.75 Å². The molecule has 1 aliphatic rings. The van der Waals surface area contributed by atoms with Gasteiger partial charge in [0.2, 0.25) is 11.8 Å². The quantitative estimate of drug-likeness (QED) is 0.377. The Bertz CT molecular complexity index is 791. The van der Waals surface area contributed by atoms with Gasteiger partial charge < -0.3 is 20.7 Å². The Kier molecular flexibility index (Phi) is 12.5. The molecule has 3 N–H and O–H groups in total. The van der Waals surface area contributed by atoms with Crippen LogP contribution in [0.3, 0.4) is 0 Å². The van der Waals surface area contributed by atoms with Crippen LogP contribution < -0.4 is 20.7 Å². The number of carbonyl (C=O) groups is 2. The van der Waals surface area contributed by atoms with Gasteiger partial charge in [0.05, 0.1) is 6.07 Å². The number of thioether (sulfide) groups is 1. The largest absolute Gasteiger partial charge is 0.492 e. The van der Waals surface area contributed by atoms with E-state index in [4.69, 9.17) is 4.74 Å². The maximum Gasteiger partial charge on any atom is 0.238 e. The van der Waals surface area contributed by atoms with E-state index in [9.17, 15) is 14.9 Å². The normalized spacial score (nSPS) is 15.7. The van der Waals surface area contributed by atoms with E-state index in [1.54, 1.807) is 0 Å². The number of hydrogen-bond acceptors (Lipinski definition) is 7. The first-order valence-corrected chi connectivity index (χ1v) is 12.9. The van der Waals surface area contributed by atoms with Gasteiger partial charge in [-0.3, -0.25) is 14.5 Å². The maximum absolute atomic E-state index is 12.5. The third-order valence-corrected chi connectivity index (χ3v) is 6.69. The number of anilines is 1. The Balaban J connectivity index is 0.00000578. The molecule has 2 amide bonds. The lowest BCUT2D eigenvalue weighted by molar-refractivity contribution is -0.123. The topological polar surface area (TPSA) is 106 Å². The summed E-state index contributed by atoms with van der Waals surface area (Å²) in [5.41, 5.74) is 0.862. The van der Waals surface area contributed by atoms with Crippen LogP contribution in [-0.4, -0.2) is 73.6 Å². The minimum absolute atomic E-state index is 0. The number of nitriles is 1. The highest BCUT2D eigenvalue weighted by Crippen LogP contribution is 2.20. The first-order chi connectivity index (χ1) is 16.1. The minimum atomic E-state index is -0.788. The molecule has 33 heavy (non-hydrogen) atoms. The average Bonchev–Trinajstić information content (AvgIpc) is 2.82. The monoisotopic (exact) mass is 479 g/mol. The van der Waals surface area contributed by atoms with Crippen LogP contribution in [0.1, 0.15) is 36.0 Å². The van der Waals surface area contributed by atoms with Crippen molar-refractivity contribution in [2.45, 2.75) is 38.4 Å². The van der Waals surface area contributed by atoms with E-state index in [2.05, 4.69) is 20.9 Å². The lowest BCUT2D eigenvalue weighted by Crippen LogP contribution is -2.38. The molecular weight excluding hydrogens is 438 g/mol. The van der Waals surface area contributed by atoms with Crippen molar-refractivity contribution in [3.05, 3.63) is 24.3 Å². The van der Waals surface area contributed by atoms with Gasteiger partial charge in [0.25, 0.3) is 0 Å². The summed E-state index contributed by atoms with van der Waals surface area (Å²) < 4.78 is 5.94. The molecule has 8 nitrogen and oxygen atoms in total. The second-order valence-electron chi connectivity index (χ2n) is 7.95. The third-order valence-electron chi connectivity index (χ3n) is 5.38. The second-order valence-corrected chi connectivity index (χ2v) is 9.19. The number of ether oxygens (including phenoxy) is 1. The van der Waals surface area contributed by atoms with Gasteiger partial charge in [-0.25, -0.2) is 0 Å². The lowest BCUT2D eigenvalue weighted by atomic mass is 10.1. The number of nitrogens with one attached hydrogen (secondary N) is 3. The van der Waals surface area contributed by atoms with Crippen LogP contribution in [0.4, 0.5) is 5.69 Å². The van der Waals surface area contributed by atoms with Gasteiger partial charge in [-0.2, -0.15) is 5.26 Å². The van der Waals surface area contributed by atoms with Crippen molar-refractivity contribution in [2.75, 3.05) is 56.9 Å². The Hall–Kier alpha value is -2.44. The number of benzene rings is 1. The number of rotatable bonds is 14. The number of hydrogen-bond donors (Lipinski definition) is 3. The highest BCUT2D eigenvalue weighted by Gasteiger charge is 2.24. The molecule has 0 aromatic heterocycles. The van der Waals surface area contributed by atoms with E-state index < -0.39 is 11.2 Å². The average molecular weight is 480 g/mol. The van der Waals surface area contributed by atoms with Crippen LogP contribution in [0.2, 0.25) is 0 Å². The van der Waals surface area contributed by atoms with Gasteiger partial charge in [0.1, 0.15) is 23.5 Å². The molecule has 1 unspecified atom stereocenters. The van der Waals surface area contributed by atoms with Crippen molar-refractivity contribution in [2.24, 2.45) is 5.92 Å².